The molecule has 0 saturated carbocycles. The number of nitrogens with zero attached hydrogens (tertiary/aromatic N) is 5. The molecule has 1 aliphatic heterocycles. The van der Waals surface area contributed by atoms with Crippen LogP contribution in [0.3, 0.4) is 0 Å². The van der Waals surface area contributed by atoms with Gasteiger partial charge in [0.25, 0.3) is 11.8 Å². The summed E-state index contributed by atoms with van der Waals surface area (Å²) in [6.45, 7) is 4.06. The summed E-state index contributed by atoms with van der Waals surface area (Å²) in [4.78, 5) is 38.2. The normalized spacial score (nSPS) is 13.7. The average molecular weight is 555 g/mol. The van der Waals surface area contributed by atoms with Crippen LogP contribution in [0, 0.1) is 24.1 Å². The number of benzene rings is 2. The first kappa shape index (κ1) is 27.1. The number of carbonyl (C=O) groups excluding carboxylic acids is 2. The Hall–Kier alpha value is -5.44. The molecule has 1 atom stereocenters. The molecule has 208 valence electrons. The first-order chi connectivity index (χ1) is 19.7. The van der Waals surface area contributed by atoms with Gasteiger partial charge >= 0.3 is 5.69 Å². The number of fused-ring (bicyclic) bond motifs is 1. The second kappa shape index (κ2) is 11.0. The van der Waals surface area contributed by atoms with E-state index in [4.69, 9.17) is 5.26 Å². The second-order valence-corrected chi connectivity index (χ2v) is 9.41. The number of anilines is 1. The van der Waals surface area contributed by atoms with Crippen LogP contribution in [0.5, 0.6) is 0 Å². The van der Waals surface area contributed by atoms with Crippen molar-refractivity contribution in [3.63, 3.8) is 0 Å². The number of aryl methyl sites for hydroxylation is 2. The Morgan fingerprint density at radius 3 is 2.59 bits per heavy atom. The molecule has 0 fully saturated rings. The number of aromatic nitrogens is 4. The topological polar surface area (TPSA) is 139 Å². The van der Waals surface area contributed by atoms with Crippen molar-refractivity contribution < 1.29 is 14.0 Å². The van der Waals surface area contributed by atoms with Crippen molar-refractivity contribution in [2.75, 3.05) is 11.9 Å². The van der Waals surface area contributed by atoms with Gasteiger partial charge in [-0.25, -0.2) is 18.4 Å². The molecule has 0 saturated heterocycles. The Labute approximate surface area is 234 Å². The molecular formula is C29H27FN8O3. The summed E-state index contributed by atoms with van der Waals surface area (Å²) >= 11 is 0. The predicted molar refractivity (Wildman–Crippen MR) is 151 cm³/mol. The van der Waals surface area contributed by atoms with E-state index in [0.29, 0.717) is 18.1 Å². The van der Waals surface area contributed by atoms with Gasteiger partial charge in [-0.05, 0) is 68.1 Å². The van der Waals surface area contributed by atoms with E-state index < -0.39 is 23.7 Å². The standard InChI is InChI=1S/C29H27FN8O3/c1-4-37-24(18-5-8-21(9-6-18)38-17(2)35-36(3)29(38)41)15-19-11-13-32-25(26(19)37)28(40)34-20-7-10-23(30)22(16-20)27(39)33-14-12-31/h5-11,13,15-16,25,32H,4,14H2,1-3H3,(H,33,39)(H,34,40). The molecule has 0 radical (unpaired) electrons. The van der Waals surface area contributed by atoms with Crippen molar-refractivity contribution in [1.29, 1.82) is 5.26 Å². The van der Waals surface area contributed by atoms with E-state index in [-0.39, 0.29) is 23.5 Å². The van der Waals surface area contributed by atoms with Crippen LogP contribution in [-0.4, -0.2) is 37.3 Å². The third-order valence-corrected chi connectivity index (χ3v) is 6.86. The maximum Gasteiger partial charge on any atom is 0.350 e. The van der Waals surface area contributed by atoms with Crippen LogP contribution in [0.1, 0.15) is 40.4 Å². The molecule has 3 N–H and O–H groups in total. The molecule has 2 aromatic carbocycles. The van der Waals surface area contributed by atoms with Crippen LogP contribution in [0.15, 0.2) is 59.5 Å². The largest absolute Gasteiger partial charge is 0.375 e. The van der Waals surface area contributed by atoms with Crippen molar-refractivity contribution in [3.8, 4) is 23.0 Å². The maximum absolute atomic E-state index is 14.3. The second-order valence-electron chi connectivity index (χ2n) is 9.41. The monoisotopic (exact) mass is 554 g/mol. The Balaban J connectivity index is 1.44. The van der Waals surface area contributed by atoms with E-state index in [2.05, 4.69) is 21.0 Å². The van der Waals surface area contributed by atoms with Gasteiger partial charge in [0.15, 0.2) is 0 Å². The van der Waals surface area contributed by atoms with Crippen molar-refractivity contribution >= 4 is 23.6 Å². The quantitative estimate of drug-likeness (QED) is 0.300. The Bertz CT molecular complexity index is 1790. The van der Waals surface area contributed by atoms with Crippen molar-refractivity contribution in [2.45, 2.75) is 26.4 Å². The average Bonchev–Trinajstić information content (AvgIpc) is 3.47. The number of nitriles is 1. The van der Waals surface area contributed by atoms with E-state index in [1.165, 1.54) is 21.4 Å². The summed E-state index contributed by atoms with van der Waals surface area (Å²) in [5.74, 6) is -1.33. The summed E-state index contributed by atoms with van der Waals surface area (Å²) in [5, 5.41) is 21.0. The molecule has 2 amide bonds. The molecule has 4 aromatic rings. The van der Waals surface area contributed by atoms with Crippen LogP contribution in [0.25, 0.3) is 23.0 Å². The molecule has 3 heterocycles. The highest BCUT2D eigenvalue weighted by Crippen LogP contribution is 2.34. The van der Waals surface area contributed by atoms with Gasteiger partial charge in [-0.3, -0.25) is 9.59 Å². The van der Waals surface area contributed by atoms with Crippen LogP contribution >= 0.6 is 0 Å². The van der Waals surface area contributed by atoms with Gasteiger partial charge in [0, 0.05) is 30.5 Å². The van der Waals surface area contributed by atoms with E-state index >= 15 is 0 Å². The van der Waals surface area contributed by atoms with Crippen molar-refractivity contribution in [1.82, 2.24) is 29.5 Å². The highest BCUT2D eigenvalue weighted by atomic mass is 19.1. The molecule has 11 nitrogen and oxygen atoms in total. The number of amides is 2. The molecule has 41 heavy (non-hydrogen) atoms. The first-order valence-corrected chi connectivity index (χ1v) is 12.9. The smallest absolute Gasteiger partial charge is 0.350 e. The highest BCUT2D eigenvalue weighted by molar-refractivity contribution is 5.99. The molecule has 2 aromatic heterocycles. The summed E-state index contributed by atoms with van der Waals surface area (Å²) in [6.07, 6.45) is 3.58. The number of hydrogen-bond acceptors (Lipinski definition) is 6. The lowest BCUT2D eigenvalue weighted by Gasteiger charge is -2.24. The summed E-state index contributed by atoms with van der Waals surface area (Å²) in [6, 6.07) is 14.3. The predicted octanol–water partition coefficient (Wildman–Crippen LogP) is 3.01. The molecular weight excluding hydrogens is 527 g/mol. The fourth-order valence-corrected chi connectivity index (χ4v) is 5.01. The van der Waals surface area contributed by atoms with Gasteiger partial charge in [0.1, 0.15) is 24.2 Å². The Morgan fingerprint density at radius 2 is 1.93 bits per heavy atom. The minimum atomic E-state index is -0.765. The zero-order valence-corrected chi connectivity index (χ0v) is 22.6. The third-order valence-electron chi connectivity index (χ3n) is 6.86. The number of hydrogen-bond donors (Lipinski definition) is 3. The fourth-order valence-electron chi connectivity index (χ4n) is 5.01. The molecule has 1 aliphatic rings. The number of carbonyl (C=O) groups is 2. The Kier molecular flexibility index (Phi) is 7.26. The molecule has 0 spiro atoms. The van der Waals surface area contributed by atoms with E-state index in [1.807, 2.05) is 47.9 Å². The van der Waals surface area contributed by atoms with Gasteiger partial charge in [-0.15, -0.1) is 0 Å². The zero-order chi connectivity index (χ0) is 29.3. The summed E-state index contributed by atoms with van der Waals surface area (Å²) in [7, 11) is 1.61. The summed E-state index contributed by atoms with van der Waals surface area (Å²) in [5.41, 5.74) is 3.83. The number of halogens is 1. The number of rotatable bonds is 7. The van der Waals surface area contributed by atoms with Gasteiger partial charge in [-0.2, -0.15) is 10.4 Å². The molecule has 12 heteroatoms. The lowest BCUT2D eigenvalue weighted by Crippen LogP contribution is -2.34. The fraction of sp³-hybridized carbons (Fsp3) is 0.207. The van der Waals surface area contributed by atoms with Gasteiger partial charge in [0.05, 0.1) is 23.0 Å². The Morgan fingerprint density at radius 1 is 1.17 bits per heavy atom. The van der Waals surface area contributed by atoms with Gasteiger partial charge < -0.3 is 20.5 Å². The number of nitrogens with one attached hydrogen (secondary N) is 3. The highest BCUT2D eigenvalue weighted by Gasteiger charge is 2.30. The van der Waals surface area contributed by atoms with Crippen LogP contribution < -0.4 is 21.6 Å². The van der Waals surface area contributed by atoms with E-state index in [0.717, 1.165) is 28.6 Å². The minimum absolute atomic E-state index is 0.233. The lowest BCUT2D eigenvalue weighted by atomic mass is 10.0. The van der Waals surface area contributed by atoms with Crippen LogP contribution in [-0.2, 0) is 18.4 Å². The van der Waals surface area contributed by atoms with Crippen molar-refractivity contribution in [2.24, 2.45) is 7.05 Å². The van der Waals surface area contributed by atoms with Crippen molar-refractivity contribution in [3.05, 3.63) is 93.7 Å². The van der Waals surface area contributed by atoms with Crippen LogP contribution in [0.2, 0.25) is 0 Å². The SMILES string of the molecule is CCn1c(-c2ccc(-n3c(C)nn(C)c3=O)cc2)cc2c1C(C(=O)Nc1ccc(F)c(C(=O)NCC#N)c1)NC=C2. The van der Waals surface area contributed by atoms with E-state index in [1.54, 1.807) is 26.2 Å². The molecule has 1 unspecified atom stereocenters. The van der Waals surface area contributed by atoms with E-state index in [9.17, 15) is 18.8 Å². The first-order valence-electron chi connectivity index (χ1n) is 12.9. The lowest BCUT2D eigenvalue weighted by molar-refractivity contribution is -0.118. The van der Waals surface area contributed by atoms with Crippen LogP contribution in [0.4, 0.5) is 10.1 Å². The van der Waals surface area contributed by atoms with Gasteiger partial charge in [0.2, 0.25) is 0 Å². The third kappa shape index (κ3) is 5.00. The molecule has 5 rings (SSSR count). The molecule has 0 bridgehead atoms. The van der Waals surface area contributed by atoms with Gasteiger partial charge in [-0.1, -0.05) is 12.1 Å². The zero-order valence-electron chi connectivity index (χ0n) is 22.6. The maximum atomic E-state index is 14.3. The summed E-state index contributed by atoms with van der Waals surface area (Å²) < 4.78 is 19.1. The minimum Gasteiger partial charge on any atom is -0.375 e. The molecule has 0 aliphatic carbocycles.